The molecule has 2 N–H and O–H groups in total. The Morgan fingerprint density at radius 2 is 2.00 bits per heavy atom. The number of halogens is 1. The number of hydrogen-bond donors (Lipinski definition) is 1. The first-order valence-corrected chi connectivity index (χ1v) is 4.69. The predicted octanol–water partition coefficient (Wildman–Crippen LogP) is 1.63. The molecular weight excluding hydrogens is 157 g/mol. The topological polar surface area (TPSA) is 35.2 Å². The molecule has 3 heteroatoms. The molecule has 0 radical (unpaired) electrons. The van der Waals surface area contributed by atoms with Crippen LogP contribution in [0.1, 0.15) is 32.1 Å². The van der Waals surface area contributed by atoms with Crippen molar-refractivity contribution in [2.75, 3.05) is 19.9 Å². The maximum Gasteiger partial charge on any atom is 0.0916 e. The second-order valence-electron chi connectivity index (χ2n) is 3.66. The molecule has 2 nitrogen and oxygen atoms in total. The zero-order valence-electron chi connectivity index (χ0n) is 7.52. The number of nitrogens with two attached hydrogens (primary N) is 1. The van der Waals surface area contributed by atoms with E-state index >= 15 is 0 Å². The van der Waals surface area contributed by atoms with Crippen LogP contribution >= 0.6 is 0 Å². The van der Waals surface area contributed by atoms with Crippen LogP contribution in [0.15, 0.2) is 0 Å². The minimum Gasteiger partial charge on any atom is -0.379 e. The Hall–Kier alpha value is -0.150. The fourth-order valence-electron chi connectivity index (χ4n) is 1.66. The molecule has 0 aliphatic heterocycles. The van der Waals surface area contributed by atoms with Gasteiger partial charge >= 0.3 is 0 Å². The summed E-state index contributed by atoms with van der Waals surface area (Å²) in [6, 6.07) is 0. The molecule has 0 amide bonds. The van der Waals surface area contributed by atoms with Crippen molar-refractivity contribution in [1.82, 2.24) is 0 Å². The Morgan fingerprint density at radius 1 is 1.33 bits per heavy atom. The summed E-state index contributed by atoms with van der Waals surface area (Å²) in [4.78, 5) is 0. The van der Waals surface area contributed by atoms with E-state index in [1.54, 1.807) is 0 Å². The van der Waals surface area contributed by atoms with Crippen molar-refractivity contribution in [3.63, 3.8) is 0 Å². The zero-order chi connectivity index (χ0) is 8.86. The van der Waals surface area contributed by atoms with Gasteiger partial charge in [0.25, 0.3) is 0 Å². The van der Waals surface area contributed by atoms with E-state index in [1.165, 1.54) is 12.8 Å². The van der Waals surface area contributed by atoms with Gasteiger partial charge in [-0.25, -0.2) is 0 Å². The summed E-state index contributed by atoms with van der Waals surface area (Å²) in [6.45, 7) is 0.819. The van der Waals surface area contributed by atoms with Crippen LogP contribution < -0.4 is 5.73 Å². The van der Waals surface area contributed by atoms with Crippen molar-refractivity contribution < 1.29 is 9.13 Å². The highest BCUT2D eigenvalue weighted by Crippen LogP contribution is 2.27. The van der Waals surface area contributed by atoms with Gasteiger partial charge in [0.05, 0.1) is 13.3 Å². The minimum absolute atomic E-state index is 0.101. The van der Waals surface area contributed by atoms with Crippen molar-refractivity contribution >= 4 is 0 Å². The van der Waals surface area contributed by atoms with Crippen LogP contribution in [0, 0.1) is 0 Å². The van der Waals surface area contributed by atoms with E-state index in [0.717, 1.165) is 12.8 Å². The van der Waals surface area contributed by atoms with Gasteiger partial charge in [-0.1, -0.05) is 12.8 Å². The van der Waals surface area contributed by atoms with E-state index in [0.29, 0.717) is 19.6 Å². The van der Waals surface area contributed by atoms with E-state index in [2.05, 4.69) is 0 Å². The van der Waals surface area contributed by atoms with E-state index in [9.17, 15) is 4.39 Å². The van der Waals surface area contributed by atoms with Crippen LogP contribution in [0.5, 0.6) is 0 Å². The van der Waals surface area contributed by atoms with E-state index in [1.807, 2.05) is 0 Å². The lowest BCUT2D eigenvalue weighted by atomic mass is 10.0. The quantitative estimate of drug-likeness (QED) is 0.645. The summed E-state index contributed by atoms with van der Waals surface area (Å²) in [5, 5.41) is 0. The standard InChI is InChI=1S/C9H18FNO/c10-6-3-7-12-8-9(11)4-1-2-5-9/h1-8,11H2. The molecule has 12 heavy (non-hydrogen) atoms. The molecule has 1 aliphatic carbocycles. The second kappa shape index (κ2) is 4.77. The van der Waals surface area contributed by atoms with Gasteiger partial charge < -0.3 is 10.5 Å². The average Bonchev–Trinajstić information content (AvgIpc) is 2.47. The van der Waals surface area contributed by atoms with Crippen molar-refractivity contribution in [2.45, 2.75) is 37.6 Å². The van der Waals surface area contributed by atoms with Gasteiger partial charge in [-0.3, -0.25) is 4.39 Å². The minimum atomic E-state index is -0.294. The van der Waals surface area contributed by atoms with Crippen molar-refractivity contribution in [3.8, 4) is 0 Å². The summed E-state index contributed by atoms with van der Waals surface area (Å²) in [7, 11) is 0. The predicted molar refractivity (Wildman–Crippen MR) is 46.8 cm³/mol. The molecule has 1 saturated carbocycles. The Labute approximate surface area is 73.3 Å². The van der Waals surface area contributed by atoms with E-state index in [4.69, 9.17) is 10.5 Å². The first-order chi connectivity index (χ1) is 5.77. The number of alkyl halides is 1. The van der Waals surface area contributed by atoms with E-state index in [-0.39, 0.29) is 12.2 Å². The molecule has 0 bridgehead atoms. The van der Waals surface area contributed by atoms with Crippen molar-refractivity contribution in [1.29, 1.82) is 0 Å². The van der Waals surface area contributed by atoms with Crippen LogP contribution in [0.25, 0.3) is 0 Å². The highest BCUT2D eigenvalue weighted by Gasteiger charge is 2.29. The van der Waals surface area contributed by atoms with Crippen molar-refractivity contribution in [2.24, 2.45) is 5.73 Å². The first kappa shape index (κ1) is 9.93. The molecule has 72 valence electrons. The van der Waals surface area contributed by atoms with Gasteiger partial charge in [-0.15, -0.1) is 0 Å². The Balaban J connectivity index is 2.05. The lowest BCUT2D eigenvalue weighted by Crippen LogP contribution is -2.41. The molecular formula is C9H18FNO. The second-order valence-corrected chi connectivity index (χ2v) is 3.66. The average molecular weight is 175 g/mol. The molecule has 0 heterocycles. The van der Waals surface area contributed by atoms with Gasteiger partial charge in [-0.05, 0) is 19.3 Å². The van der Waals surface area contributed by atoms with Gasteiger partial charge in [0, 0.05) is 12.1 Å². The van der Waals surface area contributed by atoms with E-state index < -0.39 is 0 Å². The third-order valence-electron chi connectivity index (χ3n) is 2.41. The Morgan fingerprint density at radius 3 is 2.58 bits per heavy atom. The SMILES string of the molecule is NC1(COCCCF)CCCC1. The number of ether oxygens (including phenoxy) is 1. The summed E-state index contributed by atoms with van der Waals surface area (Å²) >= 11 is 0. The molecule has 0 atom stereocenters. The summed E-state index contributed by atoms with van der Waals surface area (Å²) in [6.07, 6.45) is 5.03. The summed E-state index contributed by atoms with van der Waals surface area (Å²) < 4.78 is 17.0. The maximum absolute atomic E-state index is 11.7. The Bertz CT molecular complexity index is 124. The largest absolute Gasteiger partial charge is 0.379 e. The third-order valence-corrected chi connectivity index (χ3v) is 2.41. The first-order valence-electron chi connectivity index (χ1n) is 4.69. The normalized spacial score (nSPS) is 21.5. The summed E-state index contributed by atoms with van der Waals surface area (Å²) in [5.74, 6) is 0. The fraction of sp³-hybridized carbons (Fsp3) is 1.00. The smallest absolute Gasteiger partial charge is 0.0916 e. The zero-order valence-corrected chi connectivity index (χ0v) is 7.52. The summed E-state index contributed by atoms with van der Waals surface area (Å²) in [5.41, 5.74) is 5.92. The van der Waals surface area contributed by atoms with Crippen molar-refractivity contribution in [3.05, 3.63) is 0 Å². The molecule has 1 fully saturated rings. The van der Waals surface area contributed by atoms with Crippen LogP contribution in [-0.4, -0.2) is 25.4 Å². The lowest BCUT2D eigenvalue weighted by molar-refractivity contribution is 0.0818. The monoisotopic (exact) mass is 175 g/mol. The number of rotatable bonds is 5. The highest BCUT2D eigenvalue weighted by molar-refractivity contribution is 4.88. The molecule has 0 aromatic rings. The molecule has 0 aromatic heterocycles. The van der Waals surface area contributed by atoms with Gasteiger partial charge in [0.15, 0.2) is 0 Å². The molecule has 1 rings (SSSR count). The molecule has 0 spiro atoms. The molecule has 1 aliphatic rings. The van der Waals surface area contributed by atoms with Crippen LogP contribution in [-0.2, 0) is 4.74 Å². The maximum atomic E-state index is 11.7. The van der Waals surface area contributed by atoms with Crippen LogP contribution in [0.2, 0.25) is 0 Å². The highest BCUT2D eigenvalue weighted by atomic mass is 19.1. The third kappa shape index (κ3) is 3.07. The molecule has 0 unspecified atom stereocenters. The van der Waals surface area contributed by atoms with Gasteiger partial charge in [0.2, 0.25) is 0 Å². The number of hydrogen-bond acceptors (Lipinski definition) is 2. The molecule has 0 saturated heterocycles. The van der Waals surface area contributed by atoms with Gasteiger partial charge in [-0.2, -0.15) is 0 Å². The Kier molecular flexibility index (Phi) is 3.95. The van der Waals surface area contributed by atoms with Crippen LogP contribution in [0.4, 0.5) is 4.39 Å². The molecule has 0 aromatic carbocycles. The fourth-order valence-corrected chi connectivity index (χ4v) is 1.66. The van der Waals surface area contributed by atoms with Gasteiger partial charge in [0.1, 0.15) is 0 Å². The lowest BCUT2D eigenvalue weighted by Gasteiger charge is -2.22. The van der Waals surface area contributed by atoms with Crippen LogP contribution in [0.3, 0.4) is 0 Å².